The van der Waals surface area contributed by atoms with E-state index >= 15 is 0 Å². The van der Waals surface area contributed by atoms with Crippen LogP contribution in [0.15, 0.2) is 48.5 Å². The molecule has 0 N–H and O–H groups in total. The molecule has 1 aliphatic carbocycles. The summed E-state index contributed by atoms with van der Waals surface area (Å²) in [5.74, 6) is 1.68. The zero-order valence-corrected chi connectivity index (χ0v) is 18.5. The molecule has 0 aromatic heterocycles. The van der Waals surface area contributed by atoms with Gasteiger partial charge in [0.05, 0.1) is 12.5 Å². The maximum Gasteiger partial charge on any atom is 0.319 e. The largest absolute Gasteiger partial charge is 0.494 e. The second-order valence-corrected chi connectivity index (χ2v) is 7.94. The van der Waals surface area contributed by atoms with Crippen molar-refractivity contribution in [3.05, 3.63) is 80.1 Å². The van der Waals surface area contributed by atoms with Crippen molar-refractivity contribution in [1.29, 1.82) is 0 Å². The van der Waals surface area contributed by atoms with Gasteiger partial charge in [-0.15, -0.1) is 0 Å². The summed E-state index contributed by atoms with van der Waals surface area (Å²) in [4.78, 5) is 12.0. The summed E-state index contributed by atoms with van der Waals surface area (Å²) >= 11 is 0. The van der Waals surface area contributed by atoms with Gasteiger partial charge in [0.25, 0.3) is 0 Å². The van der Waals surface area contributed by atoms with Gasteiger partial charge in [-0.2, -0.15) is 0 Å². The lowest BCUT2D eigenvalue weighted by molar-refractivity contribution is -0.131. The zero-order valence-electron chi connectivity index (χ0n) is 18.5. The zero-order chi connectivity index (χ0) is 21.7. The van der Waals surface area contributed by atoms with Crippen LogP contribution in [0, 0.1) is 31.6 Å². The smallest absolute Gasteiger partial charge is 0.319 e. The van der Waals surface area contributed by atoms with Gasteiger partial charge in [-0.3, -0.25) is 4.79 Å². The summed E-state index contributed by atoms with van der Waals surface area (Å²) in [5.41, 5.74) is 2.18. The predicted octanol–water partition coefficient (Wildman–Crippen LogP) is 7.18. The van der Waals surface area contributed by atoms with Crippen molar-refractivity contribution in [1.82, 2.24) is 0 Å². The molecule has 0 unspecified atom stereocenters. The second kappa shape index (κ2) is 13.2. The van der Waals surface area contributed by atoms with E-state index in [-0.39, 0.29) is 5.97 Å². The van der Waals surface area contributed by atoms with Crippen LogP contribution in [-0.2, 0) is 4.79 Å². The molecule has 0 amide bonds. The molecule has 3 rings (SSSR count). The summed E-state index contributed by atoms with van der Waals surface area (Å²) < 4.78 is 11.3. The Labute approximate surface area is 188 Å². The van der Waals surface area contributed by atoms with E-state index in [4.69, 9.17) is 9.47 Å². The van der Waals surface area contributed by atoms with Crippen molar-refractivity contribution >= 4 is 5.97 Å². The van der Waals surface area contributed by atoms with Crippen LogP contribution in [0.25, 0.3) is 11.1 Å². The van der Waals surface area contributed by atoms with Crippen molar-refractivity contribution < 1.29 is 14.3 Å². The van der Waals surface area contributed by atoms with Crippen molar-refractivity contribution in [3.63, 3.8) is 0 Å². The lowest BCUT2D eigenvalue weighted by Gasteiger charge is -2.10. The van der Waals surface area contributed by atoms with Gasteiger partial charge >= 0.3 is 5.97 Å². The minimum Gasteiger partial charge on any atom is -0.494 e. The van der Waals surface area contributed by atoms with Gasteiger partial charge in [0.2, 0.25) is 0 Å². The van der Waals surface area contributed by atoms with Crippen LogP contribution in [-0.4, -0.2) is 12.6 Å². The minimum absolute atomic E-state index is 0.337. The molecule has 0 atom stereocenters. The van der Waals surface area contributed by atoms with Gasteiger partial charge in [-0.05, 0) is 67.5 Å². The van der Waals surface area contributed by atoms with Gasteiger partial charge in [-0.25, -0.2) is 0 Å². The SMILES string of the molecule is CCCCCCCCCCOc1ccc(-c2ccc(OC(=O)[C]3[CH][CH][CH][CH]3)cc2)cc1. The van der Waals surface area contributed by atoms with Gasteiger partial charge in [-0.1, -0.05) is 76.1 Å². The van der Waals surface area contributed by atoms with E-state index in [2.05, 4.69) is 19.1 Å². The third-order valence-electron chi connectivity index (χ3n) is 5.42. The van der Waals surface area contributed by atoms with Crippen LogP contribution in [0.3, 0.4) is 0 Å². The Hall–Kier alpha value is -2.29. The molecule has 5 radical (unpaired) electrons. The molecule has 163 valence electrons. The highest BCUT2D eigenvalue weighted by molar-refractivity contribution is 5.92. The first kappa shape index (κ1) is 23.4. The maximum absolute atomic E-state index is 12.0. The topological polar surface area (TPSA) is 35.5 Å². The Bertz CT molecular complexity index is 758. The lowest BCUT2D eigenvalue weighted by atomic mass is 10.1. The van der Waals surface area contributed by atoms with E-state index in [1.807, 2.05) is 49.2 Å². The fraction of sp³-hybridized carbons (Fsp3) is 0.357. The molecule has 1 fully saturated rings. The number of carbonyl (C=O) groups is 1. The van der Waals surface area contributed by atoms with Gasteiger partial charge in [0.15, 0.2) is 0 Å². The van der Waals surface area contributed by atoms with E-state index in [0.29, 0.717) is 11.7 Å². The number of carbonyl (C=O) groups excluding carboxylic acids is 1. The Morgan fingerprint density at radius 1 is 0.677 bits per heavy atom. The Balaban J connectivity index is 1.37. The first-order valence-electron chi connectivity index (χ1n) is 11.5. The summed E-state index contributed by atoms with van der Waals surface area (Å²) in [5, 5.41) is 0. The molecule has 0 spiro atoms. The fourth-order valence-electron chi connectivity index (χ4n) is 3.56. The summed E-state index contributed by atoms with van der Waals surface area (Å²) in [6.07, 6.45) is 17.6. The Morgan fingerprint density at radius 3 is 1.77 bits per heavy atom. The Morgan fingerprint density at radius 2 is 1.19 bits per heavy atom. The number of rotatable bonds is 13. The normalized spacial score (nSPS) is 14.0. The van der Waals surface area contributed by atoms with E-state index in [0.717, 1.165) is 29.9 Å². The van der Waals surface area contributed by atoms with Gasteiger partial charge < -0.3 is 9.47 Å². The van der Waals surface area contributed by atoms with Gasteiger partial charge in [0.1, 0.15) is 11.5 Å². The minimum atomic E-state index is -0.337. The third kappa shape index (κ3) is 8.05. The molecular weight excluding hydrogens is 384 g/mol. The average Bonchev–Trinajstić information content (AvgIpc) is 3.34. The van der Waals surface area contributed by atoms with E-state index in [1.54, 1.807) is 12.8 Å². The summed E-state index contributed by atoms with van der Waals surface area (Å²) in [6, 6.07) is 15.7. The third-order valence-corrected chi connectivity index (χ3v) is 5.42. The van der Waals surface area contributed by atoms with Crippen LogP contribution < -0.4 is 9.47 Å². The standard InChI is InChI=1S/C28H33O3/c1-2-3-4-5-6-7-8-11-22-30-26-18-14-23(15-19-26)24-16-20-27(21-17-24)31-28(29)25-12-9-10-13-25/h9-10,12-21H,2-8,11,22H2,1H3. The molecule has 1 aliphatic rings. The molecule has 0 aliphatic heterocycles. The molecule has 3 nitrogen and oxygen atoms in total. The predicted molar refractivity (Wildman–Crippen MR) is 126 cm³/mol. The molecule has 2 aromatic carbocycles. The molecule has 3 heteroatoms. The molecule has 31 heavy (non-hydrogen) atoms. The van der Waals surface area contributed by atoms with Crippen molar-refractivity contribution in [2.75, 3.05) is 6.61 Å². The number of hydrogen-bond donors (Lipinski definition) is 0. The van der Waals surface area contributed by atoms with Crippen LogP contribution in [0.1, 0.15) is 58.3 Å². The quantitative estimate of drug-likeness (QED) is 0.197. The van der Waals surface area contributed by atoms with Crippen LogP contribution in [0.4, 0.5) is 0 Å². The van der Waals surface area contributed by atoms with Gasteiger partial charge in [0, 0.05) is 0 Å². The molecule has 0 saturated heterocycles. The van der Waals surface area contributed by atoms with Crippen LogP contribution in [0.2, 0.25) is 0 Å². The first-order valence-corrected chi connectivity index (χ1v) is 11.5. The fourth-order valence-corrected chi connectivity index (χ4v) is 3.56. The van der Waals surface area contributed by atoms with Crippen molar-refractivity contribution in [2.45, 2.75) is 58.3 Å². The Kier molecular flexibility index (Phi) is 9.95. The lowest BCUT2D eigenvalue weighted by Crippen LogP contribution is -2.16. The number of unbranched alkanes of at least 4 members (excludes halogenated alkanes) is 7. The second-order valence-electron chi connectivity index (χ2n) is 7.94. The highest BCUT2D eigenvalue weighted by atomic mass is 16.5. The molecule has 0 heterocycles. The monoisotopic (exact) mass is 417 g/mol. The summed E-state index contributed by atoms with van der Waals surface area (Å²) in [7, 11) is 0. The number of esters is 1. The molecule has 0 bridgehead atoms. The first-order chi connectivity index (χ1) is 15.3. The maximum atomic E-state index is 12.0. The number of hydrogen-bond acceptors (Lipinski definition) is 3. The van der Waals surface area contributed by atoms with E-state index < -0.39 is 0 Å². The highest BCUT2D eigenvalue weighted by Crippen LogP contribution is 2.27. The average molecular weight is 418 g/mol. The van der Waals surface area contributed by atoms with Crippen molar-refractivity contribution in [2.24, 2.45) is 0 Å². The molecular formula is C28H33O3. The van der Waals surface area contributed by atoms with E-state index in [1.165, 1.54) is 44.9 Å². The van der Waals surface area contributed by atoms with Crippen LogP contribution in [0.5, 0.6) is 11.5 Å². The van der Waals surface area contributed by atoms with Crippen molar-refractivity contribution in [3.8, 4) is 22.6 Å². The molecule has 2 aromatic rings. The highest BCUT2D eigenvalue weighted by Gasteiger charge is 2.26. The van der Waals surface area contributed by atoms with Crippen LogP contribution >= 0.6 is 0 Å². The summed E-state index contributed by atoms with van der Waals surface area (Å²) in [6.45, 7) is 3.03. The van der Waals surface area contributed by atoms with E-state index in [9.17, 15) is 4.79 Å². The number of ether oxygens (including phenoxy) is 2. The molecule has 1 saturated carbocycles. The number of benzene rings is 2.